The summed E-state index contributed by atoms with van der Waals surface area (Å²) in [6.45, 7) is 2.11. The molecule has 4 aromatic rings. The average Bonchev–Trinajstić information content (AvgIpc) is 3.01. The van der Waals surface area contributed by atoms with E-state index in [9.17, 15) is 0 Å². The Labute approximate surface area is 115 Å². The van der Waals surface area contributed by atoms with Crippen molar-refractivity contribution < 1.29 is 0 Å². The Bertz CT molecular complexity index is 881. The van der Waals surface area contributed by atoms with E-state index in [0.29, 0.717) is 0 Å². The van der Waals surface area contributed by atoms with Gasteiger partial charge in [0.05, 0.1) is 5.69 Å². The molecule has 2 aromatic heterocycles. The van der Waals surface area contributed by atoms with Gasteiger partial charge in [-0.1, -0.05) is 42.5 Å². The van der Waals surface area contributed by atoms with Gasteiger partial charge in [-0.25, -0.2) is 4.98 Å². The first kappa shape index (κ1) is 10.8. The number of hydrogen-bond acceptors (Lipinski definition) is 2. The van der Waals surface area contributed by atoms with Gasteiger partial charge in [-0.3, -0.25) is 4.40 Å². The third-order valence-electron chi connectivity index (χ3n) is 3.45. The molecular formula is C16H12N2S. The molecule has 0 saturated carbocycles. The molecule has 0 saturated heterocycles. The van der Waals surface area contributed by atoms with Crippen molar-refractivity contribution in [2.24, 2.45) is 0 Å². The van der Waals surface area contributed by atoms with Crippen molar-refractivity contribution in [1.82, 2.24) is 9.38 Å². The topological polar surface area (TPSA) is 17.3 Å². The summed E-state index contributed by atoms with van der Waals surface area (Å²) >= 11 is 1.69. The van der Waals surface area contributed by atoms with Gasteiger partial charge in [0.15, 0.2) is 4.96 Å². The second-order valence-electron chi connectivity index (χ2n) is 4.68. The van der Waals surface area contributed by atoms with Crippen molar-refractivity contribution in [3.8, 4) is 11.3 Å². The van der Waals surface area contributed by atoms with E-state index in [2.05, 4.69) is 65.4 Å². The summed E-state index contributed by atoms with van der Waals surface area (Å²) in [7, 11) is 0. The molecule has 0 amide bonds. The molecule has 0 aliphatic carbocycles. The maximum Gasteiger partial charge on any atom is 0.194 e. The van der Waals surface area contributed by atoms with Gasteiger partial charge in [-0.15, -0.1) is 11.3 Å². The Hall–Kier alpha value is -2.13. The van der Waals surface area contributed by atoms with E-state index in [1.165, 1.54) is 22.0 Å². The minimum Gasteiger partial charge on any atom is -0.294 e. The van der Waals surface area contributed by atoms with E-state index in [0.717, 1.165) is 10.7 Å². The van der Waals surface area contributed by atoms with Gasteiger partial charge in [0.2, 0.25) is 0 Å². The van der Waals surface area contributed by atoms with Gasteiger partial charge in [-0.2, -0.15) is 0 Å². The molecule has 0 N–H and O–H groups in total. The van der Waals surface area contributed by atoms with Gasteiger partial charge in [0, 0.05) is 22.8 Å². The van der Waals surface area contributed by atoms with Crippen LogP contribution in [-0.2, 0) is 0 Å². The van der Waals surface area contributed by atoms with Crippen molar-refractivity contribution in [3.63, 3.8) is 0 Å². The van der Waals surface area contributed by atoms with Crippen LogP contribution < -0.4 is 0 Å². The lowest BCUT2D eigenvalue weighted by Crippen LogP contribution is -1.81. The Kier molecular flexibility index (Phi) is 2.23. The van der Waals surface area contributed by atoms with Crippen LogP contribution in [0.1, 0.15) is 5.69 Å². The molecule has 0 fully saturated rings. The van der Waals surface area contributed by atoms with Crippen LogP contribution in [0.5, 0.6) is 0 Å². The van der Waals surface area contributed by atoms with Crippen molar-refractivity contribution in [2.45, 2.75) is 6.92 Å². The van der Waals surface area contributed by atoms with Crippen molar-refractivity contribution >= 4 is 27.1 Å². The average molecular weight is 264 g/mol. The van der Waals surface area contributed by atoms with Crippen LogP contribution in [-0.4, -0.2) is 9.38 Å². The quantitative estimate of drug-likeness (QED) is 0.494. The zero-order valence-corrected chi connectivity index (χ0v) is 11.3. The number of benzene rings is 2. The maximum absolute atomic E-state index is 4.74. The fourth-order valence-corrected chi connectivity index (χ4v) is 3.32. The summed E-state index contributed by atoms with van der Waals surface area (Å²) < 4.78 is 2.15. The second kappa shape index (κ2) is 3.93. The number of aromatic nitrogens is 2. The van der Waals surface area contributed by atoms with Gasteiger partial charge in [-0.05, 0) is 17.7 Å². The van der Waals surface area contributed by atoms with Crippen molar-refractivity contribution in [1.29, 1.82) is 0 Å². The predicted octanol–water partition coefficient (Wildman–Crippen LogP) is 4.52. The lowest BCUT2D eigenvalue weighted by Gasteiger charge is -2.03. The molecule has 2 nitrogen and oxygen atoms in total. The summed E-state index contributed by atoms with van der Waals surface area (Å²) in [6, 6.07) is 14.8. The third-order valence-corrected chi connectivity index (χ3v) is 4.41. The first-order chi connectivity index (χ1) is 9.33. The molecule has 0 aliphatic heterocycles. The molecule has 19 heavy (non-hydrogen) atoms. The zero-order chi connectivity index (χ0) is 12.8. The van der Waals surface area contributed by atoms with Gasteiger partial charge in [0.1, 0.15) is 0 Å². The molecule has 0 spiro atoms. The molecule has 2 heterocycles. The minimum atomic E-state index is 1.05. The number of thiazole rings is 1. The normalized spacial score (nSPS) is 11.4. The Balaban J connectivity index is 2.03. The van der Waals surface area contributed by atoms with Crippen LogP contribution >= 0.6 is 11.3 Å². The lowest BCUT2D eigenvalue weighted by atomic mass is 10.0. The number of nitrogens with zero attached hydrogens (tertiary/aromatic N) is 2. The second-order valence-corrected chi connectivity index (χ2v) is 5.52. The van der Waals surface area contributed by atoms with Crippen LogP contribution in [0.15, 0.2) is 54.0 Å². The molecule has 0 bridgehead atoms. The highest BCUT2D eigenvalue weighted by molar-refractivity contribution is 7.15. The number of fused-ring (bicyclic) bond motifs is 2. The number of hydrogen-bond donors (Lipinski definition) is 0. The van der Waals surface area contributed by atoms with Crippen LogP contribution in [0.4, 0.5) is 0 Å². The molecule has 4 rings (SSSR count). The number of aryl methyl sites for hydroxylation is 1. The standard InChI is InChI=1S/C16H12N2S/c1-11-10-19-16-17-15(9-18(11)16)14-8-4-6-12-5-2-3-7-13(12)14/h2-10H,1H3. The molecule has 92 valence electrons. The first-order valence-corrected chi connectivity index (χ1v) is 7.12. The Morgan fingerprint density at radius 3 is 2.79 bits per heavy atom. The summed E-state index contributed by atoms with van der Waals surface area (Å²) in [5.41, 5.74) is 3.49. The molecular weight excluding hydrogens is 252 g/mol. The highest BCUT2D eigenvalue weighted by atomic mass is 32.1. The Morgan fingerprint density at radius 2 is 1.89 bits per heavy atom. The van der Waals surface area contributed by atoms with E-state index in [1.807, 2.05) is 0 Å². The Morgan fingerprint density at radius 1 is 1.05 bits per heavy atom. The molecule has 0 radical (unpaired) electrons. The smallest absolute Gasteiger partial charge is 0.194 e. The molecule has 2 aromatic carbocycles. The molecule has 0 aliphatic rings. The summed E-state index contributed by atoms with van der Waals surface area (Å²) in [5.74, 6) is 0. The minimum absolute atomic E-state index is 1.05. The predicted molar refractivity (Wildman–Crippen MR) is 80.7 cm³/mol. The maximum atomic E-state index is 4.74. The summed E-state index contributed by atoms with van der Waals surface area (Å²) in [4.78, 5) is 5.79. The highest BCUT2D eigenvalue weighted by Gasteiger charge is 2.09. The molecule has 0 atom stereocenters. The van der Waals surface area contributed by atoms with Gasteiger partial charge < -0.3 is 0 Å². The van der Waals surface area contributed by atoms with Crippen molar-refractivity contribution in [3.05, 3.63) is 59.7 Å². The monoisotopic (exact) mass is 264 g/mol. The SMILES string of the molecule is Cc1csc2nc(-c3cccc4ccccc34)cn12. The number of rotatable bonds is 1. The molecule has 0 unspecified atom stereocenters. The highest BCUT2D eigenvalue weighted by Crippen LogP contribution is 2.29. The fraction of sp³-hybridized carbons (Fsp3) is 0.0625. The zero-order valence-electron chi connectivity index (χ0n) is 10.5. The first-order valence-electron chi connectivity index (χ1n) is 6.24. The van der Waals surface area contributed by atoms with E-state index >= 15 is 0 Å². The van der Waals surface area contributed by atoms with Crippen LogP contribution in [0.2, 0.25) is 0 Å². The van der Waals surface area contributed by atoms with Gasteiger partial charge >= 0.3 is 0 Å². The molecule has 3 heteroatoms. The van der Waals surface area contributed by atoms with E-state index in [-0.39, 0.29) is 0 Å². The van der Waals surface area contributed by atoms with E-state index < -0.39 is 0 Å². The fourth-order valence-electron chi connectivity index (χ4n) is 2.47. The van der Waals surface area contributed by atoms with Crippen molar-refractivity contribution in [2.75, 3.05) is 0 Å². The van der Waals surface area contributed by atoms with Crippen LogP contribution in [0, 0.1) is 6.92 Å². The van der Waals surface area contributed by atoms with E-state index in [4.69, 9.17) is 4.98 Å². The summed E-state index contributed by atoms with van der Waals surface area (Å²) in [6.07, 6.45) is 2.13. The summed E-state index contributed by atoms with van der Waals surface area (Å²) in [5, 5.41) is 4.65. The number of imidazole rings is 1. The lowest BCUT2D eigenvalue weighted by molar-refractivity contribution is 1.13. The van der Waals surface area contributed by atoms with Crippen LogP contribution in [0.25, 0.3) is 27.0 Å². The van der Waals surface area contributed by atoms with Gasteiger partial charge in [0.25, 0.3) is 0 Å². The van der Waals surface area contributed by atoms with Crippen LogP contribution in [0.3, 0.4) is 0 Å². The third kappa shape index (κ3) is 1.59. The van der Waals surface area contributed by atoms with E-state index in [1.54, 1.807) is 11.3 Å². The largest absolute Gasteiger partial charge is 0.294 e.